The zero-order chi connectivity index (χ0) is 18.9. The quantitative estimate of drug-likeness (QED) is 0.460. The Balaban J connectivity index is 1.45. The summed E-state index contributed by atoms with van der Waals surface area (Å²) in [6.07, 6.45) is 1.10. The van der Waals surface area contributed by atoms with Gasteiger partial charge in [-0.05, 0) is 42.8 Å². The number of amides is 1. The first kappa shape index (κ1) is 19.7. The fraction of sp³-hybridized carbons (Fsp3) is 0.211. The molecule has 0 spiro atoms. The SMILES string of the molecule is CCCSc1nnc(SCC(=O)Nc2ccc(Oc3ccccc3)cc2)s1. The number of nitrogens with zero attached hydrogens (tertiary/aromatic N) is 2. The molecule has 3 rings (SSSR count). The van der Waals surface area contributed by atoms with Crippen molar-refractivity contribution in [3.8, 4) is 11.5 Å². The Morgan fingerprint density at radius 3 is 2.37 bits per heavy atom. The molecule has 27 heavy (non-hydrogen) atoms. The number of nitrogens with one attached hydrogen (secondary N) is 1. The zero-order valence-electron chi connectivity index (χ0n) is 14.8. The summed E-state index contributed by atoms with van der Waals surface area (Å²) >= 11 is 4.63. The molecule has 1 aromatic heterocycles. The lowest BCUT2D eigenvalue weighted by molar-refractivity contribution is -0.113. The van der Waals surface area contributed by atoms with Crippen molar-refractivity contribution in [3.05, 3.63) is 54.6 Å². The number of aromatic nitrogens is 2. The van der Waals surface area contributed by atoms with Crippen molar-refractivity contribution in [2.24, 2.45) is 0 Å². The molecule has 3 aromatic rings. The lowest BCUT2D eigenvalue weighted by atomic mass is 10.3. The highest BCUT2D eigenvalue weighted by Crippen LogP contribution is 2.29. The van der Waals surface area contributed by atoms with E-state index in [0.29, 0.717) is 5.75 Å². The van der Waals surface area contributed by atoms with Gasteiger partial charge in [0.2, 0.25) is 5.91 Å². The molecule has 1 heterocycles. The van der Waals surface area contributed by atoms with Crippen LogP contribution < -0.4 is 10.1 Å². The topological polar surface area (TPSA) is 64.1 Å². The number of anilines is 1. The Morgan fingerprint density at radius 1 is 1.00 bits per heavy atom. The molecule has 2 aromatic carbocycles. The molecule has 0 aliphatic rings. The molecule has 0 aliphatic heterocycles. The number of carbonyl (C=O) groups excluding carboxylic acids is 1. The second-order valence-electron chi connectivity index (χ2n) is 5.46. The Kier molecular flexibility index (Phi) is 7.55. The molecule has 0 saturated carbocycles. The molecule has 5 nitrogen and oxygen atoms in total. The predicted octanol–water partition coefficient (Wildman–Crippen LogP) is 5.56. The summed E-state index contributed by atoms with van der Waals surface area (Å²) < 4.78 is 7.51. The van der Waals surface area contributed by atoms with Crippen LogP contribution in [0.15, 0.2) is 63.3 Å². The lowest BCUT2D eigenvalue weighted by Gasteiger charge is -2.07. The fourth-order valence-electron chi connectivity index (χ4n) is 2.06. The van der Waals surface area contributed by atoms with Crippen molar-refractivity contribution in [2.45, 2.75) is 22.0 Å². The summed E-state index contributed by atoms with van der Waals surface area (Å²) in [7, 11) is 0. The molecule has 0 atom stereocenters. The largest absolute Gasteiger partial charge is 0.457 e. The van der Waals surface area contributed by atoms with Gasteiger partial charge in [-0.3, -0.25) is 4.79 Å². The first-order valence-electron chi connectivity index (χ1n) is 8.45. The predicted molar refractivity (Wildman–Crippen MR) is 113 cm³/mol. The highest BCUT2D eigenvalue weighted by molar-refractivity contribution is 8.03. The Hall–Kier alpha value is -2.03. The van der Waals surface area contributed by atoms with Gasteiger partial charge >= 0.3 is 0 Å². The average Bonchev–Trinajstić information content (AvgIpc) is 3.15. The summed E-state index contributed by atoms with van der Waals surface area (Å²) in [5.74, 6) is 2.76. The molecule has 1 N–H and O–H groups in total. The minimum atomic E-state index is -0.0744. The van der Waals surface area contributed by atoms with Crippen LogP contribution in [0, 0.1) is 0 Å². The van der Waals surface area contributed by atoms with Crippen LogP contribution >= 0.6 is 34.9 Å². The summed E-state index contributed by atoms with van der Waals surface area (Å²) in [6, 6.07) is 16.9. The van der Waals surface area contributed by atoms with E-state index in [1.54, 1.807) is 11.8 Å². The minimum absolute atomic E-state index is 0.0744. The molecule has 0 unspecified atom stereocenters. The van der Waals surface area contributed by atoms with Gasteiger partial charge in [-0.1, -0.05) is 60.0 Å². The second-order valence-corrected chi connectivity index (χ2v) is 9.00. The smallest absolute Gasteiger partial charge is 0.234 e. The van der Waals surface area contributed by atoms with E-state index in [4.69, 9.17) is 4.74 Å². The number of thioether (sulfide) groups is 2. The number of carbonyl (C=O) groups is 1. The number of para-hydroxylation sites is 1. The second kappa shape index (κ2) is 10.3. The highest BCUT2D eigenvalue weighted by atomic mass is 32.2. The van der Waals surface area contributed by atoms with Gasteiger partial charge < -0.3 is 10.1 Å². The highest BCUT2D eigenvalue weighted by Gasteiger charge is 2.09. The monoisotopic (exact) mass is 417 g/mol. The van der Waals surface area contributed by atoms with E-state index >= 15 is 0 Å². The van der Waals surface area contributed by atoms with Gasteiger partial charge in [-0.25, -0.2) is 0 Å². The minimum Gasteiger partial charge on any atom is -0.457 e. The van der Waals surface area contributed by atoms with Crippen LogP contribution in [0.5, 0.6) is 11.5 Å². The molecular weight excluding hydrogens is 398 g/mol. The van der Waals surface area contributed by atoms with Crippen LogP contribution in [-0.4, -0.2) is 27.6 Å². The van der Waals surface area contributed by atoms with Crippen molar-refractivity contribution >= 4 is 46.5 Å². The van der Waals surface area contributed by atoms with Crippen LogP contribution in [0.25, 0.3) is 0 Å². The summed E-state index contributed by atoms with van der Waals surface area (Å²) in [6.45, 7) is 2.13. The van der Waals surface area contributed by atoms with Gasteiger partial charge in [-0.2, -0.15) is 0 Å². The van der Waals surface area contributed by atoms with E-state index in [1.807, 2.05) is 54.6 Å². The maximum Gasteiger partial charge on any atom is 0.234 e. The molecular formula is C19H19N3O2S3. The molecule has 140 valence electrons. The normalized spacial score (nSPS) is 10.6. The van der Waals surface area contributed by atoms with E-state index in [0.717, 1.165) is 38.0 Å². The van der Waals surface area contributed by atoms with E-state index < -0.39 is 0 Å². The number of hydrogen-bond acceptors (Lipinski definition) is 7. The average molecular weight is 418 g/mol. The molecule has 0 bridgehead atoms. The lowest BCUT2D eigenvalue weighted by Crippen LogP contribution is -2.13. The number of benzene rings is 2. The van der Waals surface area contributed by atoms with Gasteiger partial charge in [0, 0.05) is 11.4 Å². The van der Waals surface area contributed by atoms with Crippen molar-refractivity contribution in [1.82, 2.24) is 10.2 Å². The van der Waals surface area contributed by atoms with E-state index in [1.165, 1.54) is 23.1 Å². The van der Waals surface area contributed by atoms with Crippen molar-refractivity contribution < 1.29 is 9.53 Å². The molecule has 0 aliphatic carbocycles. The van der Waals surface area contributed by atoms with Gasteiger partial charge in [-0.15, -0.1) is 10.2 Å². The molecule has 8 heteroatoms. The summed E-state index contributed by atoms with van der Waals surface area (Å²) in [5, 5.41) is 11.1. The van der Waals surface area contributed by atoms with Crippen molar-refractivity contribution in [1.29, 1.82) is 0 Å². The van der Waals surface area contributed by atoms with Crippen LogP contribution in [0.3, 0.4) is 0 Å². The number of rotatable bonds is 9. The summed E-state index contributed by atoms with van der Waals surface area (Å²) in [4.78, 5) is 12.1. The summed E-state index contributed by atoms with van der Waals surface area (Å²) in [5.41, 5.74) is 0.734. The molecule has 0 radical (unpaired) electrons. The first-order chi connectivity index (χ1) is 13.2. The number of hydrogen-bond donors (Lipinski definition) is 1. The van der Waals surface area contributed by atoms with E-state index in [9.17, 15) is 4.79 Å². The fourth-order valence-corrected chi connectivity index (χ4v) is 4.80. The molecule has 1 amide bonds. The Morgan fingerprint density at radius 2 is 1.67 bits per heavy atom. The van der Waals surface area contributed by atoms with Gasteiger partial charge in [0.1, 0.15) is 11.5 Å². The third-order valence-corrected chi connectivity index (χ3v) is 6.66. The first-order valence-corrected chi connectivity index (χ1v) is 11.2. The van der Waals surface area contributed by atoms with Gasteiger partial charge in [0.15, 0.2) is 8.68 Å². The van der Waals surface area contributed by atoms with Crippen molar-refractivity contribution in [3.63, 3.8) is 0 Å². The Labute approximate surface area is 170 Å². The standard InChI is InChI=1S/C19H19N3O2S3/c1-2-12-25-18-21-22-19(27-18)26-13-17(23)20-14-8-10-16(11-9-14)24-15-6-4-3-5-7-15/h3-11H,2,12-13H2,1H3,(H,20,23). The molecule has 0 fully saturated rings. The maximum atomic E-state index is 12.1. The van der Waals surface area contributed by atoms with Crippen LogP contribution in [-0.2, 0) is 4.79 Å². The molecule has 0 saturated heterocycles. The van der Waals surface area contributed by atoms with Gasteiger partial charge in [0.25, 0.3) is 0 Å². The van der Waals surface area contributed by atoms with Crippen LogP contribution in [0.1, 0.15) is 13.3 Å². The van der Waals surface area contributed by atoms with E-state index in [2.05, 4.69) is 22.4 Å². The van der Waals surface area contributed by atoms with Crippen LogP contribution in [0.4, 0.5) is 5.69 Å². The van der Waals surface area contributed by atoms with Crippen LogP contribution in [0.2, 0.25) is 0 Å². The Bertz CT molecular complexity index is 854. The maximum absolute atomic E-state index is 12.1. The zero-order valence-corrected chi connectivity index (χ0v) is 17.2. The third kappa shape index (κ3) is 6.57. The van der Waals surface area contributed by atoms with Gasteiger partial charge in [0.05, 0.1) is 5.75 Å². The number of ether oxygens (including phenoxy) is 1. The van der Waals surface area contributed by atoms with Crippen molar-refractivity contribution in [2.75, 3.05) is 16.8 Å². The van der Waals surface area contributed by atoms with E-state index in [-0.39, 0.29) is 5.91 Å². The third-order valence-electron chi connectivity index (χ3n) is 3.26.